The van der Waals surface area contributed by atoms with Crippen molar-refractivity contribution in [2.45, 2.75) is 6.54 Å². The second-order valence-corrected chi connectivity index (χ2v) is 3.60. The maximum absolute atomic E-state index is 11.8. The van der Waals surface area contributed by atoms with Crippen LogP contribution in [0.25, 0.3) is 0 Å². The highest BCUT2D eigenvalue weighted by Gasteiger charge is 2.16. The Morgan fingerprint density at radius 1 is 1.53 bits per heavy atom. The molecule has 9 heteroatoms. The van der Waals surface area contributed by atoms with Gasteiger partial charge in [0.05, 0.1) is 17.0 Å². The van der Waals surface area contributed by atoms with Crippen LogP contribution in [-0.2, 0) is 6.54 Å². The zero-order valence-electron chi connectivity index (χ0n) is 9.66. The first kappa shape index (κ1) is 12.5. The highest BCUT2D eigenvalue weighted by molar-refractivity contribution is 5.98. The monoisotopic (exact) mass is 262 g/mol. The van der Waals surface area contributed by atoms with Gasteiger partial charge in [0.1, 0.15) is 17.8 Å². The largest absolute Gasteiger partial charge is 0.383 e. The quantitative estimate of drug-likeness (QED) is 0.532. The number of aromatic nitrogens is 3. The van der Waals surface area contributed by atoms with Gasteiger partial charge in [0.15, 0.2) is 0 Å². The lowest BCUT2D eigenvalue weighted by Gasteiger charge is -2.05. The van der Waals surface area contributed by atoms with E-state index in [1.165, 1.54) is 0 Å². The standard InChI is InChI=1S/C10H10N6O3/c11-9-7(3-6(4-14-9)16(18)19)10(17)15-5-8-12-1-2-13-8/h1-4H,5H2,(H2,11,14)(H,12,13)(H,15,17). The number of nitrogens with one attached hydrogen (secondary N) is 2. The highest BCUT2D eigenvalue weighted by atomic mass is 16.6. The normalized spacial score (nSPS) is 10.1. The summed E-state index contributed by atoms with van der Waals surface area (Å²) in [4.78, 5) is 32.2. The number of nitrogen functional groups attached to an aromatic ring is 1. The van der Waals surface area contributed by atoms with Crippen LogP contribution in [0.5, 0.6) is 0 Å². The molecule has 2 aromatic heterocycles. The van der Waals surface area contributed by atoms with E-state index in [2.05, 4.69) is 20.3 Å². The topological polar surface area (TPSA) is 140 Å². The number of nitrogens with zero attached hydrogens (tertiary/aromatic N) is 3. The minimum Gasteiger partial charge on any atom is -0.383 e. The fraction of sp³-hybridized carbons (Fsp3) is 0.100. The molecule has 0 saturated carbocycles. The first-order valence-corrected chi connectivity index (χ1v) is 5.24. The van der Waals surface area contributed by atoms with Crippen LogP contribution in [0.1, 0.15) is 16.2 Å². The molecule has 2 heterocycles. The van der Waals surface area contributed by atoms with E-state index in [1.807, 2.05) is 0 Å². The van der Waals surface area contributed by atoms with E-state index >= 15 is 0 Å². The van der Waals surface area contributed by atoms with Crippen molar-refractivity contribution in [3.63, 3.8) is 0 Å². The molecule has 1 amide bonds. The van der Waals surface area contributed by atoms with Gasteiger partial charge >= 0.3 is 0 Å². The fourth-order valence-corrected chi connectivity index (χ4v) is 1.40. The molecule has 9 nitrogen and oxygen atoms in total. The van der Waals surface area contributed by atoms with E-state index in [4.69, 9.17) is 5.73 Å². The molecular weight excluding hydrogens is 252 g/mol. The van der Waals surface area contributed by atoms with Gasteiger partial charge in [0.2, 0.25) is 0 Å². The van der Waals surface area contributed by atoms with E-state index in [0.29, 0.717) is 5.82 Å². The molecule has 0 aliphatic carbocycles. The summed E-state index contributed by atoms with van der Waals surface area (Å²) < 4.78 is 0. The predicted octanol–water partition coefficient (Wildman–Crippen LogP) is 0.225. The molecule has 0 fully saturated rings. The molecule has 0 aliphatic heterocycles. The molecule has 0 atom stereocenters. The van der Waals surface area contributed by atoms with Crippen molar-refractivity contribution in [2.24, 2.45) is 0 Å². The number of rotatable bonds is 4. The van der Waals surface area contributed by atoms with Gasteiger partial charge in [-0.1, -0.05) is 0 Å². The molecule has 0 radical (unpaired) electrons. The Bertz CT molecular complexity index is 610. The van der Waals surface area contributed by atoms with E-state index in [-0.39, 0.29) is 23.6 Å². The number of carbonyl (C=O) groups excluding carboxylic acids is 1. The molecule has 0 bridgehead atoms. The van der Waals surface area contributed by atoms with E-state index in [1.54, 1.807) is 12.4 Å². The van der Waals surface area contributed by atoms with E-state index in [9.17, 15) is 14.9 Å². The maximum atomic E-state index is 11.8. The Hall–Kier alpha value is -2.97. The highest BCUT2D eigenvalue weighted by Crippen LogP contribution is 2.16. The number of nitro groups is 1. The average molecular weight is 262 g/mol. The number of nitrogens with two attached hydrogens (primary N) is 1. The third-order valence-electron chi connectivity index (χ3n) is 2.33. The number of anilines is 1. The van der Waals surface area contributed by atoms with E-state index < -0.39 is 10.8 Å². The maximum Gasteiger partial charge on any atom is 0.288 e. The summed E-state index contributed by atoms with van der Waals surface area (Å²) in [6, 6.07) is 1.08. The minimum atomic E-state index is -0.643. The third-order valence-corrected chi connectivity index (χ3v) is 2.33. The van der Waals surface area contributed by atoms with Crippen molar-refractivity contribution in [2.75, 3.05) is 5.73 Å². The number of hydrogen-bond donors (Lipinski definition) is 3. The Labute approximate surface area is 107 Å². The van der Waals surface area contributed by atoms with Gasteiger partial charge in [-0.25, -0.2) is 9.97 Å². The number of pyridine rings is 1. The third kappa shape index (κ3) is 2.83. The first-order chi connectivity index (χ1) is 9.08. The van der Waals surface area contributed by atoms with Crippen LogP contribution in [0.4, 0.5) is 11.5 Å². The summed E-state index contributed by atoms with van der Waals surface area (Å²) in [6.45, 7) is 0.161. The smallest absolute Gasteiger partial charge is 0.288 e. The van der Waals surface area contributed by atoms with Gasteiger partial charge < -0.3 is 16.0 Å². The van der Waals surface area contributed by atoms with Crippen LogP contribution < -0.4 is 11.1 Å². The summed E-state index contributed by atoms with van der Waals surface area (Å²) in [5.74, 6) is -0.0574. The molecule has 2 rings (SSSR count). The van der Waals surface area contributed by atoms with Crippen molar-refractivity contribution >= 4 is 17.4 Å². The van der Waals surface area contributed by atoms with Crippen LogP contribution in [-0.4, -0.2) is 25.8 Å². The molecule has 98 valence electrons. The Balaban J connectivity index is 2.14. The molecule has 19 heavy (non-hydrogen) atoms. The lowest BCUT2D eigenvalue weighted by Crippen LogP contribution is -2.24. The molecule has 0 unspecified atom stereocenters. The summed E-state index contributed by atoms with van der Waals surface area (Å²) >= 11 is 0. The molecule has 4 N–H and O–H groups in total. The number of imidazole rings is 1. The predicted molar refractivity (Wildman–Crippen MR) is 65.1 cm³/mol. The van der Waals surface area contributed by atoms with Gasteiger partial charge in [-0.15, -0.1) is 0 Å². The lowest BCUT2D eigenvalue weighted by molar-refractivity contribution is -0.385. The Morgan fingerprint density at radius 2 is 2.32 bits per heavy atom. The average Bonchev–Trinajstić information content (AvgIpc) is 2.89. The van der Waals surface area contributed by atoms with Gasteiger partial charge in [0, 0.05) is 18.5 Å². The summed E-state index contributed by atoms with van der Waals surface area (Å²) in [5.41, 5.74) is 5.19. The van der Waals surface area contributed by atoms with Gasteiger partial charge in [-0.3, -0.25) is 14.9 Å². The molecule has 0 saturated heterocycles. The Kier molecular flexibility index (Phi) is 3.37. The number of amides is 1. The molecule has 0 aromatic carbocycles. The van der Waals surface area contributed by atoms with E-state index in [0.717, 1.165) is 12.3 Å². The summed E-state index contributed by atoms with van der Waals surface area (Å²) in [5, 5.41) is 13.1. The minimum absolute atomic E-state index is 0.0410. The van der Waals surface area contributed by atoms with Crippen LogP contribution in [0.15, 0.2) is 24.7 Å². The van der Waals surface area contributed by atoms with Crippen LogP contribution >= 0.6 is 0 Å². The lowest BCUT2D eigenvalue weighted by atomic mass is 10.2. The van der Waals surface area contributed by atoms with Crippen LogP contribution in [0, 0.1) is 10.1 Å². The number of hydrogen-bond acceptors (Lipinski definition) is 6. The number of aromatic amines is 1. The van der Waals surface area contributed by atoms with Crippen molar-refractivity contribution in [3.05, 3.63) is 46.2 Å². The molecule has 0 aliphatic rings. The van der Waals surface area contributed by atoms with Crippen LogP contribution in [0.3, 0.4) is 0 Å². The zero-order chi connectivity index (χ0) is 13.8. The summed E-state index contributed by atoms with van der Waals surface area (Å²) in [6.07, 6.45) is 4.16. The first-order valence-electron chi connectivity index (χ1n) is 5.24. The molecule has 0 spiro atoms. The zero-order valence-corrected chi connectivity index (χ0v) is 9.66. The van der Waals surface area contributed by atoms with Crippen molar-refractivity contribution in [3.8, 4) is 0 Å². The second kappa shape index (κ2) is 5.12. The van der Waals surface area contributed by atoms with Gasteiger partial charge in [-0.2, -0.15) is 0 Å². The van der Waals surface area contributed by atoms with Crippen molar-refractivity contribution in [1.82, 2.24) is 20.3 Å². The van der Waals surface area contributed by atoms with Gasteiger partial charge in [-0.05, 0) is 0 Å². The summed E-state index contributed by atoms with van der Waals surface area (Å²) in [7, 11) is 0. The van der Waals surface area contributed by atoms with Gasteiger partial charge in [0.25, 0.3) is 11.6 Å². The number of carbonyl (C=O) groups is 1. The second-order valence-electron chi connectivity index (χ2n) is 3.60. The molecular formula is C10H10N6O3. The van der Waals surface area contributed by atoms with Crippen molar-refractivity contribution < 1.29 is 9.72 Å². The molecule has 2 aromatic rings. The Morgan fingerprint density at radius 3 is 2.95 bits per heavy atom. The van der Waals surface area contributed by atoms with Crippen LogP contribution in [0.2, 0.25) is 0 Å². The number of H-pyrrole nitrogens is 1. The van der Waals surface area contributed by atoms with Crippen molar-refractivity contribution in [1.29, 1.82) is 0 Å². The fourth-order valence-electron chi connectivity index (χ4n) is 1.40. The SMILES string of the molecule is Nc1ncc([N+](=O)[O-])cc1C(=O)NCc1ncc[nH]1.